The topological polar surface area (TPSA) is 52.7 Å². The van der Waals surface area contributed by atoms with Gasteiger partial charge in [0, 0.05) is 31.1 Å². The van der Waals surface area contributed by atoms with Gasteiger partial charge in [0.1, 0.15) is 5.54 Å². The van der Waals surface area contributed by atoms with E-state index >= 15 is 0 Å². The van der Waals surface area contributed by atoms with Crippen LogP contribution in [0.5, 0.6) is 0 Å². The van der Waals surface area contributed by atoms with Gasteiger partial charge in [-0.2, -0.15) is 0 Å². The molecule has 1 atom stereocenters. The standard InChI is InChI=1S/C27H41N3O2/c1-27(26(32)28-23-14-7-3-2-4-8-15-23)21-22-13-9-10-16-24(22)25(31)30(27)20-19-29-17-11-5-6-12-18-29/h9-10,13,16,23H,2-8,11-12,14-15,17-21H2,1H3,(H,28,32)/t27-/m0/s1. The van der Waals surface area contributed by atoms with Gasteiger partial charge in [-0.1, -0.05) is 63.1 Å². The lowest BCUT2D eigenvalue weighted by molar-refractivity contribution is -0.132. The molecule has 1 aromatic carbocycles. The number of rotatable bonds is 5. The molecule has 3 aliphatic rings. The van der Waals surface area contributed by atoms with Crippen LogP contribution in [0.4, 0.5) is 0 Å². The quantitative estimate of drug-likeness (QED) is 0.732. The number of hydrogen-bond donors (Lipinski definition) is 1. The number of nitrogens with zero attached hydrogens (tertiary/aromatic N) is 2. The lowest BCUT2D eigenvalue weighted by atomic mass is 9.82. The molecule has 176 valence electrons. The van der Waals surface area contributed by atoms with Crippen molar-refractivity contribution >= 4 is 11.8 Å². The minimum absolute atomic E-state index is 0.0111. The summed E-state index contributed by atoms with van der Waals surface area (Å²) >= 11 is 0. The number of likely N-dealkylation sites (tertiary alicyclic amines) is 1. The van der Waals surface area contributed by atoms with Gasteiger partial charge in [0.2, 0.25) is 5.91 Å². The second-order valence-electron chi connectivity index (χ2n) is 10.3. The van der Waals surface area contributed by atoms with Crippen LogP contribution in [0.1, 0.15) is 93.5 Å². The van der Waals surface area contributed by atoms with Gasteiger partial charge in [-0.05, 0) is 57.3 Å². The molecule has 2 heterocycles. The SMILES string of the molecule is C[C@@]1(C(=O)NC2CCCCCCC2)Cc2ccccc2C(=O)N1CCN1CCCCCC1. The molecule has 1 aromatic rings. The molecule has 1 saturated carbocycles. The zero-order chi connectivity index (χ0) is 22.4. The predicted molar refractivity (Wildman–Crippen MR) is 129 cm³/mol. The van der Waals surface area contributed by atoms with E-state index in [-0.39, 0.29) is 17.9 Å². The number of nitrogens with one attached hydrogen (secondary N) is 1. The first-order chi connectivity index (χ1) is 15.6. The van der Waals surface area contributed by atoms with Gasteiger partial charge in [0.05, 0.1) is 0 Å². The molecule has 2 amide bonds. The number of amides is 2. The summed E-state index contributed by atoms with van der Waals surface area (Å²) in [6, 6.07) is 8.08. The van der Waals surface area contributed by atoms with Gasteiger partial charge < -0.3 is 15.1 Å². The molecule has 0 unspecified atom stereocenters. The Labute approximate surface area is 193 Å². The molecular formula is C27H41N3O2. The average molecular weight is 440 g/mol. The van der Waals surface area contributed by atoms with Crippen LogP contribution in [-0.2, 0) is 11.2 Å². The van der Waals surface area contributed by atoms with Crippen molar-refractivity contribution in [2.45, 2.75) is 95.6 Å². The molecule has 0 bridgehead atoms. The Morgan fingerprint density at radius 2 is 1.56 bits per heavy atom. The van der Waals surface area contributed by atoms with Crippen molar-refractivity contribution < 1.29 is 9.59 Å². The smallest absolute Gasteiger partial charge is 0.255 e. The Hall–Kier alpha value is -1.88. The normalized spacial score (nSPS) is 26.0. The number of hydrogen-bond acceptors (Lipinski definition) is 3. The Kier molecular flexibility index (Phi) is 7.88. The molecule has 32 heavy (non-hydrogen) atoms. The summed E-state index contributed by atoms with van der Waals surface area (Å²) in [5.41, 5.74) is 0.929. The summed E-state index contributed by atoms with van der Waals surface area (Å²) in [5.74, 6) is 0.0405. The van der Waals surface area contributed by atoms with Gasteiger partial charge in [-0.15, -0.1) is 0 Å². The molecule has 2 fully saturated rings. The van der Waals surface area contributed by atoms with E-state index in [0.29, 0.717) is 13.0 Å². The van der Waals surface area contributed by atoms with Crippen LogP contribution in [0.15, 0.2) is 24.3 Å². The Bertz CT molecular complexity index is 779. The molecule has 5 heteroatoms. The van der Waals surface area contributed by atoms with Gasteiger partial charge in [0.25, 0.3) is 5.91 Å². The van der Waals surface area contributed by atoms with E-state index in [1.165, 1.54) is 57.8 Å². The van der Waals surface area contributed by atoms with E-state index in [1.807, 2.05) is 36.1 Å². The fourth-order valence-electron chi connectivity index (χ4n) is 5.81. The molecule has 2 aliphatic heterocycles. The molecule has 1 aliphatic carbocycles. The Morgan fingerprint density at radius 3 is 2.28 bits per heavy atom. The largest absolute Gasteiger partial charge is 0.351 e. The highest BCUT2D eigenvalue weighted by Crippen LogP contribution is 2.32. The van der Waals surface area contributed by atoms with Crippen molar-refractivity contribution in [3.8, 4) is 0 Å². The molecular weight excluding hydrogens is 398 g/mol. The van der Waals surface area contributed by atoms with E-state index in [1.54, 1.807) is 0 Å². The van der Waals surface area contributed by atoms with Crippen LogP contribution in [-0.4, -0.2) is 59.4 Å². The minimum Gasteiger partial charge on any atom is -0.351 e. The second-order valence-corrected chi connectivity index (χ2v) is 10.3. The first kappa shape index (κ1) is 23.3. The molecule has 1 N–H and O–H groups in total. The van der Waals surface area contributed by atoms with E-state index in [4.69, 9.17) is 0 Å². The first-order valence-corrected chi connectivity index (χ1v) is 13.0. The summed E-state index contributed by atoms with van der Waals surface area (Å²) in [5, 5.41) is 3.38. The molecule has 5 nitrogen and oxygen atoms in total. The van der Waals surface area contributed by atoms with Crippen LogP contribution in [0.25, 0.3) is 0 Å². The van der Waals surface area contributed by atoms with Gasteiger partial charge >= 0.3 is 0 Å². The molecule has 0 spiro atoms. The van der Waals surface area contributed by atoms with Crippen LogP contribution >= 0.6 is 0 Å². The number of carbonyl (C=O) groups is 2. The monoisotopic (exact) mass is 439 g/mol. The van der Waals surface area contributed by atoms with Crippen LogP contribution < -0.4 is 5.32 Å². The van der Waals surface area contributed by atoms with Crippen molar-refractivity contribution in [3.63, 3.8) is 0 Å². The van der Waals surface area contributed by atoms with Crippen molar-refractivity contribution in [2.75, 3.05) is 26.2 Å². The molecule has 1 saturated heterocycles. The van der Waals surface area contributed by atoms with Crippen molar-refractivity contribution in [2.24, 2.45) is 0 Å². The fraction of sp³-hybridized carbons (Fsp3) is 0.704. The van der Waals surface area contributed by atoms with E-state index in [2.05, 4.69) is 10.2 Å². The third-order valence-electron chi connectivity index (χ3n) is 7.89. The van der Waals surface area contributed by atoms with Gasteiger partial charge in [0.15, 0.2) is 0 Å². The number of carbonyl (C=O) groups excluding carboxylic acids is 2. The Balaban J connectivity index is 1.52. The summed E-state index contributed by atoms with van der Waals surface area (Å²) in [6.07, 6.45) is 14.0. The maximum Gasteiger partial charge on any atom is 0.255 e. The summed E-state index contributed by atoms with van der Waals surface area (Å²) in [7, 11) is 0. The van der Waals surface area contributed by atoms with Gasteiger partial charge in [-0.25, -0.2) is 0 Å². The summed E-state index contributed by atoms with van der Waals surface area (Å²) < 4.78 is 0. The second kappa shape index (κ2) is 10.8. The summed E-state index contributed by atoms with van der Waals surface area (Å²) in [4.78, 5) is 31.7. The van der Waals surface area contributed by atoms with Crippen molar-refractivity contribution in [3.05, 3.63) is 35.4 Å². The highest BCUT2D eigenvalue weighted by atomic mass is 16.2. The fourth-order valence-corrected chi connectivity index (χ4v) is 5.81. The highest BCUT2D eigenvalue weighted by Gasteiger charge is 2.47. The Morgan fingerprint density at radius 1 is 0.938 bits per heavy atom. The third-order valence-corrected chi connectivity index (χ3v) is 7.89. The van der Waals surface area contributed by atoms with Crippen molar-refractivity contribution in [1.82, 2.24) is 15.1 Å². The van der Waals surface area contributed by atoms with Crippen LogP contribution in [0.2, 0.25) is 0 Å². The minimum atomic E-state index is -0.834. The zero-order valence-corrected chi connectivity index (χ0v) is 19.9. The van der Waals surface area contributed by atoms with E-state index in [0.717, 1.165) is 43.6 Å². The molecule has 0 radical (unpaired) electrons. The molecule has 4 rings (SSSR count). The van der Waals surface area contributed by atoms with Crippen LogP contribution in [0.3, 0.4) is 0 Å². The predicted octanol–water partition coefficient (Wildman–Crippen LogP) is 4.55. The zero-order valence-electron chi connectivity index (χ0n) is 19.9. The maximum atomic E-state index is 13.7. The first-order valence-electron chi connectivity index (χ1n) is 13.0. The molecule has 0 aromatic heterocycles. The lowest BCUT2D eigenvalue weighted by Crippen LogP contribution is -2.64. The third kappa shape index (κ3) is 5.36. The van der Waals surface area contributed by atoms with E-state index in [9.17, 15) is 9.59 Å². The van der Waals surface area contributed by atoms with Crippen molar-refractivity contribution in [1.29, 1.82) is 0 Å². The highest BCUT2D eigenvalue weighted by molar-refractivity contribution is 6.02. The lowest BCUT2D eigenvalue weighted by Gasteiger charge is -2.45. The average Bonchev–Trinajstić information content (AvgIpc) is 3.04. The number of benzene rings is 1. The van der Waals surface area contributed by atoms with Crippen LogP contribution in [0, 0.1) is 0 Å². The summed E-state index contributed by atoms with van der Waals surface area (Å²) in [6.45, 7) is 5.65. The maximum absolute atomic E-state index is 13.7. The van der Waals surface area contributed by atoms with E-state index < -0.39 is 5.54 Å². The van der Waals surface area contributed by atoms with Gasteiger partial charge in [-0.3, -0.25) is 9.59 Å². The number of fused-ring (bicyclic) bond motifs is 1.